The van der Waals surface area contributed by atoms with Gasteiger partial charge in [-0.25, -0.2) is 4.98 Å². The average molecular weight is 395 g/mol. The summed E-state index contributed by atoms with van der Waals surface area (Å²) in [6.07, 6.45) is 3.61. The summed E-state index contributed by atoms with van der Waals surface area (Å²) in [6, 6.07) is 21.8. The zero-order valence-electron chi connectivity index (χ0n) is 15.7. The Kier molecular flexibility index (Phi) is 4.30. The first-order chi connectivity index (χ1) is 14.2. The first kappa shape index (κ1) is 17.5. The van der Waals surface area contributed by atoms with Gasteiger partial charge in [0.25, 0.3) is 5.91 Å². The number of carbonyl (C=O) groups excluding carboxylic acids is 1. The number of carbonyl (C=O) groups is 1. The third-order valence-corrected chi connectivity index (χ3v) is 6.32. The van der Waals surface area contributed by atoms with Gasteiger partial charge in [0.05, 0.1) is 10.4 Å². The predicted octanol–water partition coefficient (Wildman–Crippen LogP) is 6.07. The summed E-state index contributed by atoms with van der Waals surface area (Å²) < 4.78 is 1.09. The second-order valence-electron chi connectivity index (χ2n) is 6.82. The van der Waals surface area contributed by atoms with Crippen LogP contribution >= 0.6 is 11.3 Å². The number of amides is 1. The summed E-state index contributed by atoms with van der Waals surface area (Å²) in [7, 11) is 0. The molecule has 0 aliphatic rings. The van der Waals surface area contributed by atoms with Crippen LogP contribution in [0.4, 0.5) is 5.82 Å². The number of thiophene rings is 1. The van der Waals surface area contributed by atoms with Gasteiger partial charge in [0.15, 0.2) is 0 Å². The fraction of sp³-hybridized carbons (Fsp3) is 0.0417. The lowest BCUT2D eigenvalue weighted by molar-refractivity contribution is 0.102. The zero-order chi connectivity index (χ0) is 19.8. The molecule has 5 rings (SSSR count). The van der Waals surface area contributed by atoms with Crippen molar-refractivity contribution in [3.05, 3.63) is 89.6 Å². The topological polar surface area (TPSA) is 54.9 Å². The van der Waals surface area contributed by atoms with Crippen molar-refractivity contribution in [2.24, 2.45) is 0 Å². The van der Waals surface area contributed by atoms with Gasteiger partial charge in [-0.3, -0.25) is 9.78 Å². The molecule has 0 unspecified atom stereocenters. The van der Waals surface area contributed by atoms with Crippen LogP contribution in [0.5, 0.6) is 0 Å². The normalized spacial score (nSPS) is 11.1. The number of anilines is 1. The second-order valence-corrected chi connectivity index (χ2v) is 7.84. The van der Waals surface area contributed by atoms with Crippen molar-refractivity contribution in [1.29, 1.82) is 0 Å². The highest BCUT2D eigenvalue weighted by Gasteiger charge is 2.18. The largest absolute Gasteiger partial charge is 0.306 e. The number of aromatic nitrogens is 2. The van der Waals surface area contributed by atoms with Gasteiger partial charge in [-0.15, -0.1) is 11.3 Å². The van der Waals surface area contributed by atoms with Crippen molar-refractivity contribution in [1.82, 2.24) is 9.97 Å². The number of fused-ring (bicyclic) bond motifs is 2. The highest BCUT2D eigenvalue weighted by molar-refractivity contribution is 7.21. The fourth-order valence-electron chi connectivity index (χ4n) is 3.52. The quantitative estimate of drug-likeness (QED) is 0.403. The maximum absolute atomic E-state index is 13.0. The molecule has 0 aliphatic heterocycles. The van der Waals surface area contributed by atoms with Crippen LogP contribution in [0.25, 0.3) is 32.1 Å². The lowest BCUT2D eigenvalue weighted by Gasteiger charge is -2.05. The highest BCUT2D eigenvalue weighted by Crippen LogP contribution is 2.38. The molecule has 1 N–H and O–H groups in total. The van der Waals surface area contributed by atoms with Crippen molar-refractivity contribution >= 4 is 44.1 Å². The lowest BCUT2D eigenvalue weighted by Crippen LogP contribution is -2.12. The number of nitrogens with one attached hydrogen (secondary N) is 1. The Balaban J connectivity index is 1.54. The Hall–Kier alpha value is -3.57. The molecule has 0 bridgehead atoms. The van der Waals surface area contributed by atoms with Gasteiger partial charge < -0.3 is 5.32 Å². The summed E-state index contributed by atoms with van der Waals surface area (Å²) in [6.45, 7) is 1.99. The van der Waals surface area contributed by atoms with Crippen molar-refractivity contribution in [3.8, 4) is 11.1 Å². The standard InChI is InChI=1S/C24H17N3OS/c1-15-18-8-4-9-19(17-7-5-13-25-14-17)23(18)29-22(15)24(28)27-21-12-11-16-6-2-3-10-20(16)26-21/h2-14H,1H3,(H,26,27,28). The van der Waals surface area contributed by atoms with Crippen LogP contribution in [-0.4, -0.2) is 15.9 Å². The number of nitrogens with zero attached hydrogens (tertiary/aromatic N) is 2. The monoisotopic (exact) mass is 395 g/mol. The molecule has 140 valence electrons. The summed E-state index contributed by atoms with van der Waals surface area (Å²) in [5.41, 5.74) is 3.97. The summed E-state index contributed by atoms with van der Waals surface area (Å²) in [5.74, 6) is 0.418. The van der Waals surface area contributed by atoms with Crippen LogP contribution in [0.1, 0.15) is 15.2 Å². The van der Waals surface area contributed by atoms with Gasteiger partial charge in [0.1, 0.15) is 5.82 Å². The maximum Gasteiger partial charge on any atom is 0.267 e. The molecule has 1 amide bonds. The summed E-state index contributed by atoms with van der Waals surface area (Å²) >= 11 is 1.51. The molecule has 29 heavy (non-hydrogen) atoms. The Morgan fingerprint density at radius 1 is 0.966 bits per heavy atom. The summed E-state index contributed by atoms with van der Waals surface area (Å²) in [5, 5.41) is 5.10. The molecule has 2 aromatic carbocycles. The third kappa shape index (κ3) is 3.15. The van der Waals surface area contributed by atoms with E-state index in [-0.39, 0.29) is 5.91 Å². The first-order valence-corrected chi connectivity index (χ1v) is 10.1. The van der Waals surface area contributed by atoms with Crippen LogP contribution in [0.2, 0.25) is 0 Å². The average Bonchev–Trinajstić information content (AvgIpc) is 3.11. The van der Waals surface area contributed by atoms with E-state index >= 15 is 0 Å². The number of benzene rings is 2. The number of hydrogen-bond donors (Lipinski definition) is 1. The molecule has 0 atom stereocenters. The molecule has 3 heterocycles. The molecule has 0 fully saturated rings. The minimum absolute atomic E-state index is 0.136. The van der Waals surface area contributed by atoms with E-state index in [0.29, 0.717) is 10.7 Å². The number of para-hydroxylation sites is 1. The van der Waals surface area contributed by atoms with Crippen LogP contribution in [0.15, 0.2) is 79.1 Å². The van der Waals surface area contributed by atoms with Gasteiger partial charge in [-0.2, -0.15) is 0 Å². The molecule has 0 saturated carbocycles. The van der Waals surface area contributed by atoms with Gasteiger partial charge in [0.2, 0.25) is 0 Å². The molecule has 0 aliphatic carbocycles. The smallest absolute Gasteiger partial charge is 0.267 e. The number of aryl methyl sites for hydroxylation is 1. The van der Waals surface area contributed by atoms with Crippen LogP contribution in [-0.2, 0) is 0 Å². The molecule has 0 spiro atoms. The number of rotatable bonds is 3. The van der Waals surface area contributed by atoms with Crippen molar-refractivity contribution in [2.75, 3.05) is 5.32 Å². The lowest BCUT2D eigenvalue weighted by atomic mass is 10.0. The van der Waals surface area contributed by atoms with Gasteiger partial charge in [-0.05, 0) is 42.1 Å². The predicted molar refractivity (Wildman–Crippen MR) is 119 cm³/mol. The molecule has 0 saturated heterocycles. The highest BCUT2D eigenvalue weighted by atomic mass is 32.1. The fourth-order valence-corrected chi connectivity index (χ4v) is 4.76. The number of pyridine rings is 2. The van der Waals surface area contributed by atoms with Gasteiger partial charge in [0, 0.05) is 33.6 Å². The van der Waals surface area contributed by atoms with Gasteiger partial charge >= 0.3 is 0 Å². The van der Waals surface area contributed by atoms with Crippen LogP contribution < -0.4 is 5.32 Å². The second kappa shape index (κ2) is 7.11. The molecule has 0 radical (unpaired) electrons. The maximum atomic E-state index is 13.0. The van der Waals surface area contributed by atoms with Crippen molar-refractivity contribution < 1.29 is 4.79 Å². The van der Waals surface area contributed by atoms with E-state index in [1.165, 1.54) is 11.3 Å². The van der Waals surface area contributed by atoms with E-state index in [2.05, 4.69) is 27.4 Å². The minimum atomic E-state index is -0.136. The van der Waals surface area contributed by atoms with Crippen molar-refractivity contribution in [3.63, 3.8) is 0 Å². The van der Waals surface area contributed by atoms with Crippen LogP contribution in [0, 0.1) is 6.92 Å². The van der Waals surface area contributed by atoms with E-state index in [4.69, 9.17) is 0 Å². The molecule has 5 aromatic rings. The SMILES string of the molecule is Cc1c(C(=O)Nc2ccc3ccccc3n2)sc2c(-c3cccnc3)cccc12. The minimum Gasteiger partial charge on any atom is -0.306 e. The Bertz CT molecular complexity index is 1360. The van der Waals surface area contributed by atoms with E-state index in [1.54, 1.807) is 6.20 Å². The number of hydrogen-bond acceptors (Lipinski definition) is 4. The molecule has 3 aromatic heterocycles. The molecule has 5 heteroatoms. The van der Waals surface area contributed by atoms with E-state index in [0.717, 1.165) is 37.7 Å². The van der Waals surface area contributed by atoms with E-state index in [1.807, 2.05) is 67.7 Å². The van der Waals surface area contributed by atoms with E-state index in [9.17, 15) is 4.79 Å². The summed E-state index contributed by atoms with van der Waals surface area (Å²) in [4.78, 5) is 22.5. The third-order valence-electron chi connectivity index (χ3n) is 4.98. The Morgan fingerprint density at radius 3 is 2.72 bits per heavy atom. The molecule has 4 nitrogen and oxygen atoms in total. The Morgan fingerprint density at radius 2 is 1.86 bits per heavy atom. The molecular weight excluding hydrogens is 378 g/mol. The zero-order valence-corrected chi connectivity index (χ0v) is 16.5. The van der Waals surface area contributed by atoms with Crippen molar-refractivity contribution in [2.45, 2.75) is 6.92 Å². The van der Waals surface area contributed by atoms with Gasteiger partial charge in [-0.1, -0.05) is 42.5 Å². The first-order valence-electron chi connectivity index (χ1n) is 9.30. The Labute approximate surface area is 171 Å². The molecular formula is C24H17N3OS. The van der Waals surface area contributed by atoms with E-state index < -0.39 is 0 Å². The van der Waals surface area contributed by atoms with Crippen LogP contribution in [0.3, 0.4) is 0 Å².